The lowest BCUT2D eigenvalue weighted by Crippen LogP contribution is -1.95. The average molecular weight is 262 g/mol. The Labute approximate surface area is 78.1 Å². The first-order chi connectivity index (χ1) is 5.27. The number of hydrogen-bond acceptors (Lipinski definition) is 3. The fourth-order valence-electron chi connectivity index (χ4n) is 1.08. The number of ether oxygens (including phenoxy) is 1. The molecule has 0 saturated heterocycles. The maximum atomic E-state index is 5.59. The van der Waals surface area contributed by atoms with E-state index in [4.69, 9.17) is 10.5 Å². The van der Waals surface area contributed by atoms with Gasteiger partial charge in [-0.3, -0.25) is 0 Å². The van der Waals surface area contributed by atoms with Crippen molar-refractivity contribution < 1.29 is 4.74 Å². The number of halogens is 1. The predicted molar refractivity (Wildman–Crippen MR) is 50.6 cm³/mol. The van der Waals surface area contributed by atoms with Crippen LogP contribution < -0.4 is 10.5 Å². The summed E-state index contributed by atoms with van der Waals surface area (Å²) >= 11 is 2.17. The van der Waals surface area contributed by atoms with Gasteiger partial charge in [0.2, 0.25) is 5.88 Å². The van der Waals surface area contributed by atoms with Crippen LogP contribution >= 0.6 is 22.6 Å². The highest BCUT2D eigenvalue weighted by molar-refractivity contribution is 14.1. The van der Waals surface area contributed by atoms with Crippen molar-refractivity contribution in [2.24, 2.45) is 0 Å². The molecule has 1 aliphatic rings. The van der Waals surface area contributed by atoms with Gasteiger partial charge in [-0.05, 0) is 28.7 Å². The highest BCUT2D eigenvalue weighted by Gasteiger charge is 2.14. The first kappa shape index (κ1) is 7.15. The monoisotopic (exact) mass is 262 g/mol. The number of hydrogen-bond donors (Lipinski definition) is 1. The van der Waals surface area contributed by atoms with E-state index < -0.39 is 0 Å². The highest BCUT2D eigenvalue weighted by atomic mass is 127. The molecule has 58 valence electrons. The first-order valence-electron chi connectivity index (χ1n) is 3.35. The van der Waals surface area contributed by atoms with Crippen LogP contribution in [0.1, 0.15) is 5.56 Å². The van der Waals surface area contributed by atoms with Crippen LogP contribution in [0.5, 0.6) is 5.88 Å². The summed E-state index contributed by atoms with van der Waals surface area (Å²) in [7, 11) is 0. The molecule has 0 amide bonds. The first-order valence-corrected chi connectivity index (χ1v) is 4.43. The molecule has 1 aromatic heterocycles. The van der Waals surface area contributed by atoms with E-state index in [9.17, 15) is 0 Å². The molecule has 0 aliphatic carbocycles. The zero-order valence-electron chi connectivity index (χ0n) is 5.80. The van der Waals surface area contributed by atoms with E-state index in [0.717, 1.165) is 16.6 Å². The van der Waals surface area contributed by atoms with Gasteiger partial charge in [0.05, 0.1) is 10.2 Å². The van der Waals surface area contributed by atoms with Gasteiger partial charge in [-0.1, -0.05) is 0 Å². The largest absolute Gasteiger partial charge is 0.477 e. The number of nitrogen functional groups attached to an aromatic ring is 1. The molecule has 2 heterocycles. The zero-order valence-corrected chi connectivity index (χ0v) is 7.96. The summed E-state index contributed by atoms with van der Waals surface area (Å²) in [6, 6.07) is 2.03. The summed E-state index contributed by atoms with van der Waals surface area (Å²) in [5.74, 6) is 1.27. The number of nitrogens with two attached hydrogens (primary N) is 1. The standard InChI is InChI=1S/C7H7IN2O/c8-5-3-4-1-2-11-7(4)10-6(5)9/h3H,1-2H2,(H2,9,10). The number of pyridine rings is 1. The van der Waals surface area contributed by atoms with Crippen LogP contribution in [0.3, 0.4) is 0 Å². The molecular weight excluding hydrogens is 255 g/mol. The van der Waals surface area contributed by atoms with E-state index in [1.54, 1.807) is 0 Å². The quantitative estimate of drug-likeness (QED) is 0.715. The van der Waals surface area contributed by atoms with Crippen LogP contribution in [0.25, 0.3) is 0 Å². The third-order valence-corrected chi connectivity index (χ3v) is 2.52. The molecule has 0 radical (unpaired) electrons. The van der Waals surface area contributed by atoms with Crippen molar-refractivity contribution >= 4 is 28.4 Å². The molecule has 4 heteroatoms. The summed E-state index contributed by atoms with van der Waals surface area (Å²) in [4.78, 5) is 4.10. The van der Waals surface area contributed by atoms with E-state index in [2.05, 4.69) is 27.6 Å². The Bertz CT molecular complexity index is 272. The SMILES string of the molecule is Nc1nc2c(cc1I)CCO2. The smallest absolute Gasteiger partial charge is 0.218 e. The van der Waals surface area contributed by atoms with E-state index >= 15 is 0 Å². The molecule has 3 nitrogen and oxygen atoms in total. The van der Waals surface area contributed by atoms with Gasteiger partial charge in [-0.15, -0.1) is 0 Å². The molecule has 2 N–H and O–H groups in total. The van der Waals surface area contributed by atoms with Gasteiger partial charge in [0.15, 0.2) is 0 Å². The number of fused-ring (bicyclic) bond motifs is 1. The number of rotatable bonds is 0. The summed E-state index contributed by atoms with van der Waals surface area (Å²) in [5.41, 5.74) is 6.76. The molecule has 0 spiro atoms. The lowest BCUT2D eigenvalue weighted by Gasteiger charge is -2.00. The average Bonchev–Trinajstić information content (AvgIpc) is 2.36. The van der Waals surface area contributed by atoms with Crippen LogP contribution in [0.2, 0.25) is 0 Å². The van der Waals surface area contributed by atoms with Crippen LogP contribution in [0.15, 0.2) is 6.07 Å². The molecule has 0 aromatic carbocycles. The topological polar surface area (TPSA) is 48.1 Å². The second-order valence-electron chi connectivity index (χ2n) is 2.42. The molecule has 0 unspecified atom stereocenters. The van der Waals surface area contributed by atoms with Crippen LogP contribution in [-0.2, 0) is 6.42 Å². The van der Waals surface area contributed by atoms with E-state index in [-0.39, 0.29) is 0 Å². The molecule has 0 atom stereocenters. The second-order valence-corrected chi connectivity index (χ2v) is 3.58. The summed E-state index contributed by atoms with van der Waals surface area (Å²) in [6.45, 7) is 0.738. The number of anilines is 1. The van der Waals surface area contributed by atoms with Crippen molar-refractivity contribution in [1.29, 1.82) is 0 Å². The van der Waals surface area contributed by atoms with E-state index in [0.29, 0.717) is 11.7 Å². The van der Waals surface area contributed by atoms with Crippen molar-refractivity contribution in [3.8, 4) is 5.88 Å². The zero-order chi connectivity index (χ0) is 7.84. The second kappa shape index (κ2) is 2.51. The predicted octanol–water partition coefficient (Wildman–Crippen LogP) is 1.20. The Kier molecular flexibility index (Phi) is 1.63. The van der Waals surface area contributed by atoms with Crippen molar-refractivity contribution in [2.75, 3.05) is 12.3 Å². The van der Waals surface area contributed by atoms with Crippen molar-refractivity contribution in [1.82, 2.24) is 4.98 Å². The maximum Gasteiger partial charge on any atom is 0.218 e. The Morgan fingerprint density at radius 2 is 2.45 bits per heavy atom. The van der Waals surface area contributed by atoms with E-state index in [1.807, 2.05) is 6.07 Å². The van der Waals surface area contributed by atoms with Gasteiger partial charge in [-0.2, -0.15) is 4.98 Å². The minimum atomic E-state index is 0.561. The Morgan fingerprint density at radius 1 is 1.64 bits per heavy atom. The third kappa shape index (κ3) is 1.15. The third-order valence-electron chi connectivity index (χ3n) is 1.65. The number of aromatic nitrogens is 1. The van der Waals surface area contributed by atoms with Crippen molar-refractivity contribution in [2.45, 2.75) is 6.42 Å². The fraction of sp³-hybridized carbons (Fsp3) is 0.286. The minimum absolute atomic E-state index is 0.561. The summed E-state index contributed by atoms with van der Waals surface area (Å²) in [5, 5.41) is 0. The fourth-order valence-corrected chi connectivity index (χ4v) is 1.58. The van der Waals surface area contributed by atoms with Crippen LogP contribution in [0.4, 0.5) is 5.82 Å². The molecular formula is C7H7IN2O. The molecule has 2 rings (SSSR count). The van der Waals surface area contributed by atoms with Crippen LogP contribution in [0, 0.1) is 3.57 Å². The summed E-state index contributed by atoms with van der Waals surface area (Å²) in [6.07, 6.45) is 0.957. The molecule has 1 aromatic rings. The molecule has 0 fully saturated rings. The van der Waals surface area contributed by atoms with Gasteiger partial charge in [-0.25, -0.2) is 0 Å². The van der Waals surface area contributed by atoms with E-state index in [1.165, 1.54) is 5.56 Å². The molecule has 0 bridgehead atoms. The molecule has 0 saturated carbocycles. The minimum Gasteiger partial charge on any atom is -0.477 e. The van der Waals surface area contributed by atoms with Crippen molar-refractivity contribution in [3.63, 3.8) is 0 Å². The van der Waals surface area contributed by atoms with Gasteiger partial charge >= 0.3 is 0 Å². The Balaban J connectivity index is 2.57. The van der Waals surface area contributed by atoms with Gasteiger partial charge in [0.25, 0.3) is 0 Å². The van der Waals surface area contributed by atoms with Gasteiger partial charge in [0, 0.05) is 12.0 Å². The highest BCUT2D eigenvalue weighted by Crippen LogP contribution is 2.26. The molecule has 1 aliphatic heterocycles. The summed E-state index contributed by atoms with van der Waals surface area (Å²) < 4.78 is 6.25. The number of nitrogens with zero attached hydrogens (tertiary/aromatic N) is 1. The lowest BCUT2D eigenvalue weighted by atomic mass is 10.2. The maximum absolute atomic E-state index is 5.59. The van der Waals surface area contributed by atoms with Crippen LogP contribution in [-0.4, -0.2) is 11.6 Å². The molecule has 11 heavy (non-hydrogen) atoms. The Morgan fingerprint density at radius 3 is 3.27 bits per heavy atom. The van der Waals surface area contributed by atoms with Gasteiger partial charge in [0.1, 0.15) is 5.82 Å². The van der Waals surface area contributed by atoms with Crippen molar-refractivity contribution in [3.05, 3.63) is 15.2 Å². The normalized spacial score (nSPS) is 14.3. The Hall–Kier alpha value is -0.520. The van der Waals surface area contributed by atoms with Gasteiger partial charge < -0.3 is 10.5 Å². The lowest BCUT2D eigenvalue weighted by molar-refractivity contribution is 0.345.